The van der Waals surface area contributed by atoms with Crippen LogP contribution in [0.2, 0.25) is 0 Å². The second kappa shape index (κ2) is 9.17. The van der Waals surface area contributed by atoms with Gasteiger partial charge in [0.2, 0.25) is 0 Å². The number of anilines is 1. The largest absolute Gasteiger partial charge is 0.467 e. The van der Waals surface area contributed by atoms with Crippen LogP contribution >= 0.6 is 0 Å². The standard InChI is InChI=1S/C21H27FN6O/c1-2-3-9-20(21-23-24-25-28(21)16-17-7-6-15-29-17)27-13-11-26(12-14-27)19-10-5-4-8-18(19)22/h4-8,10,15,20H,2-3,9,11-14,16H2,1H3. The number of rotatable bonds is 8. The number of hydrogen-bond acceptors (Lipinski definition) is 6. The van der Waals surface area contributed by atoms with Gasteiger partial charge in [0.15, 0.2) is 5.82 Å². The van der Waals surface area contributed by atoms with E-state index in [1.54, 1.807) is 12.3 Å². The van der Waals surface area contributed by atoms with Crippen molar-refractivity contribution >= 4 is 5.69 Å². The smallest absolute Gasteiger partial charge is 0.168 e. The van der Waals surface area contributed by atoms with Gasteiger partial charge in [-0.25, -0.2) is 9.07 Å². The molecule has 1 aromatic carbocycles. The van der Waals surface area contributed by atoms with Crippen LogP contribution in [0.15, 0.2) is 47.1 Å². The van der Waals surface area contributed by atoms with E-state index in [-0.39, 0.29) is 11.9 Å². The van der Waals surface area contributed by atoms with Gasteiger partial charge in [0.1, 0.15) is 18.1 Å². The Morgan fingerprint density at radius 1 is 1.10 bits per heavy atom. The van der Waals surface area contributed by atoms with Crippen molar-refractivity contribution in [2.45, 2.75) is 38.8 Å². The van der Waals surface area contributed by atoms with Crippen molar-refractivity contribution in [2.24, 2.45) is 0 Å². The minimum atomic E-state index is -0.161. The minimum absolute atomic E-state index is 0.141. The lowest BCUT2D eigenvalue weighted by Gasteiger charge is -2.39. The molecule has 0 radical (unpaired) electrons. The number of nitrogens with zero attached hydrogens (tertiary/aromatic N) is 6. The molecule has 3 aromatic rings. The number of aromatic nitrogens is 4. The van der Waals surface area contributed by atoms with E-state index in [4.69, 9.17) is 4.42 Å². The predicted octanol–water partition coefficient (Wildman–Crippen LogP) is 3.51. The SMILES string of the molecule is CCCCC(c1nnnn1Cc1ccco1)N1CCN(c2ccccc2F)CC1. The Morgan fingerprint density at radius 3 is 2.66 bits per heavy atom. The lowest BCUT2D eigenvalue weighted by molar-refractivity contribution is 0.162. The normalized spacial score (nSPS) is 16.3. The van der Waals surface area contributed by atoms with Gasteiger partial charge in [0.25, 0.3) is 0 Å². The highest BCUT2D eigenvalue weighted by atomic mass is 19.1. The zero-order valence-electron chi connectivity index (χ0n) is 16.7. The van der Waals surface area contributed by atoms with Crippen LogP contribution in [-0.4, -0.2) is 51.3 Å². The van der Waals surface area contributed by atoms with Crippen molar-refractivity contribution < 1.29 is 8.81 Å². The molecule has 1 saturated heterocycles. The van der Waals surface area contributed by atoms with Crippen LogP contribution in [0.4, 0.5) is 10.1 Å². The first-order valence-electron chi connectivity index (χ1n) is 10.3. The summed E-state index contributed by atoms with van der Waals surface area (Å²) in [6.07, 6.45) is 4.88. The molecule has 0 amide bonds. The highest BCUT2D eigenvalue weighted by Gasteiger charge is 2.29. The Bertz CT molecular complexity index is 888. The Kier molecular flexibility index (Phi) is 6.19. The summed E-state index contributed by atoms with van der Waals surface area (Å²) in [7, 11) is 0. The summed E-state index contributed by atoms with van der Waals surface area (Å²) in [5.41, 5.74) is 0.680. The molecule has 8 heteroatoms. The van der Waals surface area contributed by atoms with Gasteiger partial charge in [-0.1, -0.05) is 31.9 Å². The van der Waals surface area contributed by atoms with Crippen molar-refractivity contribution in [2.75, 3.05) is 31.1 Å². The van der Waals surface area contributed by atoms with E-state index in [9.17, 15) is 4.39 Å². The summed E-state index contributed by atoms with van der Waals surface area (Å²) in [5, 5.41) is 12.5. The van der Waals surface area contributed by atoms with Crippen LogP contribution in [0.25, 0.3) is 0 Å². The number of furan rings is 1. The fraction of sp³-hybridized carbons (Fsp3) is 0.476. The number of piperazine rings is 1. The molecule has 1 aliphatic heterocycles. The summed E-state index contributed by atoms with van der Waals surface area (Å²) in [4.78, 5) is 4.55. The summed E-state index contributed by atoms with van der Waals surface area (Å²) in [6.45, 7) is 5.96. The summed E-state index contributed by atoms with van der Waals surface area (Å²) in [5.74, 6) is 1.54. The van der Waals surface area contributed by atoms with Gasteiger partial charge >= 0.3 is 0 Å². The molecule has 7 nitrogen and oxygen atoms in total. The maximum Gasteiger partial charge on any atom is 0.168 e. The first-order valence-corrected chi connectivity index (χ1v) is 10.3. The van der Waals surface area contributed by atoms with Crippen LogP contribution in [0.1, 0.15) is 43.8 Å². The number of tetrazole rings is 1. The van der Waals surface area contributed by atoms with E-state index in [1.807, 2.05) is 28.9 Å². The number of benzene rings is 1. The van der Waals surface area contributed by atoms with Crippen molar-refractivity contribution in [3.63, 3.8) is 0 Å². The Hall–Kier alpha value is -2.74. The van der Waals surface area contributed by atoms with Gasteiger partial charge in [-0.2, -0.15) is 0 Å². The molecule has 0 bridgehead atoms. The van der Waals surface area contributed by atoms with Crippen LogP contribution in [-0.2, 0) is 6.54 Å². The average Bonchev–Trinajstić information content (AvgIpc) is 3.42. The highest BCUT2D eigenvalue weighted by Crippen LogP contribution is 2.28. The summed E-state index contributed by atoms with van der Waals surface area (Å²) in [6, 6.07) is 10.9. The van der Waals surface area contributed by atoms with Crippen LogP contribution in [0, 0.1) is 5.82 Å². The van der Waals surface area contributed by atoms with Crippen LogP contribution in [0.3, 0.4) is 0 Å². The molecule has 29 heavy (non-hydrogen) atoms. The van der Waals surface area contributed by atoms with Crippen molar-refractivity contribution in [1.82, 2.24) is 25.1 Å². The number of unbranched alkanes of at least 4 members (excludes halogenated alkanes) is 1. The molecule has 3 heterocycles. The summed E-state index contributed by atoms with van der Waals surface area (Å²) >= 11 is 0. The van der Waals surface area contributed by atoms with Gasteiger partial charge < -0.3 is 9.32 Å². The Balaban J connectivity index is 1.48. The number of halogens is 1. The molecule has 1 fully saturated rings. The van der Waals surface area contributed by atoms with Gasteiger partial charge in [-0.15, -0.1) is 5.10 Å². The van der Waals surface area contributed by atoms with Gasteiger partial charge in [-0.05, 0) is 41.1 Å². The van der Waals surface area contributed by atoms with E-state index in [0.29, 0.717) is 12.2 Å². The third-order valence-corrected chi connectivity index (χ3v) is 5.52. The lowest BCUT2D eigenvalue weighted by atomic mass is 10.1. The van der Waals surface area contributed by atoms with Crippen molar-refractivity contribution in [1.29, 1.82) is 0 Å². The van der Waals surface area contributed by atoms with Crippen molar-refractivity contribution in [3.8, 4) is 0 Å². The molecule has 0 saturated carbocycles. The zero-order valence-corrected chi connectivity index (χ0v) is 16.7. The second-order valence-corrected chi connectivity index (χ2v) is 7.41. The molecule has 0 N–H and O–H groups in total. The summed E-state index contributed by atoms with van der Waals surface area (Å²) < 4.78 is 21.5. The molecule has 1 unspecified atom stereocenters. The van der Waals surface area contributed by atoms with Gasteiger partial charge in [-0.3, -0.25) is 4.90 Å². The van der Waals surface area contributed by atoms with Gasteiger partial charge in [0, 0.05) is 26.2 Å². The lowest BCUT2D eigenvalue weighted by Crippen LogP contribution is -2.48. The van der Waals surface area contributed by atoms with E-state index in [1.165, 1.54) is 6.07 Å². The monoisotopic (exact) mass is 398 g/mol. The first kappa shape index (κ1) is 19.6. The van der Waals surface area contributed by atoms with Crippen LogP contribution in [0.5, 0.6) is 0 Å². The van der Waals surface area contributed by atoms with Crippen LogP contribution < -0.4 is 4.90 Å². The maximum absolute atomic E-state index is 14.2. The fourth-order valence-electron chi connectivity index (χ4n) is 3.97. The topological polar surface area (TPSA) is 63.2 Å². The highest BCUT2D eigenvalue weighted by molar-refractivity contribution is 5.48. The number of hydrogen-bond donors (Lipinski definition) is 0. The fourth-order valence-corrected chi connectivity index (χ4v) is 3.97. The quantitative estimate of drug-likeness (QED) is 0.579. The first-order chi connectivity index (χ1) is 14.3. The molecular formula is C21H27FN6O. The zero-order chi connectivity index (χ0) is 20.1. The second-order valence-electron chi connectivity index (χ2n) is 7.41. The Morgan fingerprint density at radius 2 is 1.93 bits per heavy atom. The maximum atomic E-state index is 14.2. The molecule has 0 spiro atoms. The average molecular weight is 398 g/mol. The molecule has 4 rings (SSSR count). The molecular weight excluding hydrogens is 371 g/mol. The van der Waals surface area contributed by atoms with Gasteiger partial charge in [0.05, 0.1) is 18.0 Å². The molecule has 1 atom stereocenters. The van der Waals surface area contributed by atoms with E-state index in [0.717, 1.165) is 57.0 Å². The molecule has 2 aromatic heterocycles. The van der Waals surface area contributed by atoms with E-state index in [2.05, 4.69) is 32.2 Å². The third-order valence-electron chi connectivity index (χ3n) is 5.52. The van der Waals surface area contributed by atoms with E-state index >= 15 is 0 Å². The number of para-hydroxylation sites is 1. The van der Waals surface area contributed by atoms with E-state index < -0.39 is 0 Å². The molecule has 154 valence electrons. The minimum Gasteiger partial charge on any atom is -0.467 e. The third kappa shape index (κ3) is 4.48. The van der Waals surface area contributed by atoms with Crippen molar-refractivity contribution in [3.05, 3.63) is 60.1 Å². The predicted molar refractivity (Wildman–Crippen MR) is 108 cm³/mol. The Labute approximate surface area is 170 Å². The molecule has 0 aliphatic carbocycles. The molecule has 1 aliphatic rings.